The predicted octanol–water partition coefficient (Wildman–Crippen LogP) is 1.27. The van der Waals surface area contributed by atoms with Gasteiger partial charge < -0.3 is 19.9 Å². The van der Waals surface area contributed by atoms with Crippen LogP contribution in [0.15, 0.2) is 0 Å². The number of carboxylic acids is 1. The van der Waals surface area contributed by atoms with Crippen molar-refractivity contribution in [2.24, 2.45) is 0 Å². The topological polar surface area (TPSA) is 67.8 Å². The Bertz CT molecular complexity index is 211. The van der Waals surface area contributed by atoms with Gasteiger partial charge in [-0.3, -0.25) is 4.79 Å². The average Bonchev–Trinajstić information content (AvgIpc) is 2.31. The first kappa shape index (κ1) is 16.4. The Balaban J connectivity index is 3.95. The summed E-state index contributed by atoms with van der Waals surface area (Å²) in [5.41, 5.74) is -0.806. The van der Waals surface area contributed by atoms with Crippen LogP contribution in [0.5, 0.6) is 0 Å². The van der Waals surface area contributed by atoms with Gasteiger partial charge in [-0.05, 0) is 25.8 Å². The van der Waals surface area contributed by atoms with Gasteiger partial charge >= 0.3 is 5.97 Å². The lowest BCUT2D eigenvalue weighted by atomic mass is 9.90. The van der Waals surface area contributed by atoms with Crippen molar-refractivity contribution < 1.29 is 19.4 Å². The smallest absolute Gasteiger partial charge is 0.323 e. The van der Waals surface area contributed by atoms with E-state index >= 15 is 0 Å². The number of ether oxygens (including phenoxy) is 2. The molecule has 102 valence electrons. The average molecular weight is 247 g/mol. The number of hydrogen-bond acceptors (Lipinski definition) is 4. The third kappa shape index (κ3) is 6.00. The Kier molecular flexibility index (Phi) is 9.03. The van der Waals surface area contributed by atoms with Crippen molar-refractivity contribution in [3.63, 3.8) is 0 Å². The van der Waals surface area contributed by atoms with Crippen molar-refractivity contribution in [3.05, 3.63) is 0 Å². The maximum atomic E-state index is 11.3. The number of aliphatic carboxylic acids is 1. The molecule has 0 saturated heterocycles. The Hall–Kier alpha value is -0.650. The fourth-order valence-corrected chi connectivity index (χ4v) is 1.78. The van der Waals surface area contributed by atoms with E-state index in [-0.39, 0.29) is 0 Å². The molecule has 0 aromatic rings. The van der Waals surface area contributed by atoms with E-state index in [1.165, 1.54) is 0 Å². The molecule has 0 heterocycles. The highest BCUT2D eigenvalue weighted by Crippen LogP contribution is 2.18. The minimum absolute atomic E-state index is 0.559. The highest BCUT2D eigenvalue weighted by Gasteiger charge is 2.34. The van der Waals surface area contributed by atoms with Gasteiger partial charge in [-0.2, -0.15) is 0 Å². The molecule has 0 aromatic heterocycles. The molecule has 0 radical (unpaired) electrons. The van der Waals surface area contributed by atoms with E-state index in [0.29, 0.717) is 39.2 Å². The molecule has 0 bridgehead atoms. The van der Waals surface area contributed by atoms with Crippen LogP contribution in [0.1, 0.15) is 33.1 Å². The van der Waals surface area contributed by atoms with E-state index < -0.39 is 11.5 Å². The summed E-state index contributed by atoms with van der Waals surface area (Å²) in [5, 5.41) is 12.3. The third-order valence-corrected chi connectivity index (χ3v) is 2.85. The first-order chi connectivity index (χ1) is 8.13. The Morgan fingerprint density at radius 1 is 1.29 bits per heavy atom. The van der Waals surface area contributed by atoms with Crippen molar-refractivity contribution in [1.82, 2.24) is 5.32 Å². The molecule has 1 unspecified atom stereocenters. The van der Waals surface area contributed by atoms with Crippen molar-refractivity contribution in [1.29, 1.82) is 0 Å². The van der Waals surface area contributed by atoms with Crippen LogP contribution in [-0.2, 0) is 14.3 Å². The molecule has 5 nitrogen and oxygen atoms in total. The second-order valence-corrected chi connectivity index (χ2v) is 3.98. The van der Waals surface area contributed by atoms with Crippen molar-refractivity contribution in [3.8, 4) is 0 Å². The van der Waals surface area contributed by atoms with Crippen LogP contribution < -0.4 is 5.32 Å². The standard InChI is InChI=1S/C12H25NO4/c1-4-12(11(14)15,13-5-2)7-6-8-17-10-9-16-3/h13H,4-10H2,1-3H3,(H,14,15). The predicted molar refractivity (Wildman–Crippen MR) is 66.3 cm³/mol. The molecule has 0 aliphatic heterocycles. The molecule has 17 heavy (non-hydrogen) atoms. The number of carboxylic acid groups (broad SMARTS) is 1. The molecule has 0 amide bonds. The van der Waals surface area contributed by atoms with Crippen LogP contribution in [-0.4, -0.2) is 50.1 Å². The normalized spacial score (nSPS) is 14.5. The third-order valence-electron chi connectivity index (χ3n) is 2.85. The van der Waals surface area contributed by atoms with Crippen LogP contribution >= 0.6 is 0 Å². The molecule has 0 aromatic carbocycles. The number of methoxy groups -OCH3 is 1. The minimum atomic E-state index is -0.806. The second-order valence-electron chi connectivity index (χ2n) is 3.98. The maximum Gasteiger partial charge on any atom is 0.323 e. The number of hydrogen-bond donors (Lipinski definition) is 2. The monoisotopic (exact) mass is 247 g/mol. The lowest BCUT2D eigenvalue weighted by molar-refractivity contribution is -0.145. The lowest BCUT2D eigenvalue weighted by Crippen LogP contribution is -2.51. The zero-order valence-electron chi connectivity index (χ0n) is 11.1. The Morgan fingerprint density at radius 2 is 2.00 bits per heavy atom. The fraction of sp³-hybridized carbons (Fsp3) is 0.917. The molecule has 0 fully saturated rings. The van der Waals surface area contributed by atoms with Crippen LogP contribution in [0.3, 0.4) is 0 Å². The summed E-state index contributed by atoms with van der Waals surface area (Å²) in [4.78, 5) is 11.3. The highest BCUT2D eigenvalue weighted by molar-refractivity contribution is 5.78. The largest absolute Gasteiger partial charge is 0.480 e. The summed E-state index contributed by atoms with van der Waals surface area (Å²) in [6.07, 6.45) is 1.89. The van der Waals surface area contributed by atoms with E-state index in [9.17, 15) is 9.90 Å². The summed E-state index contributed by atoms with van der Waals surface area (Å²) < 4.78 is 10.2. The van der Waals surface area contributed by atoms with Crippen molar-refractivity contribution >= 4 is 5.97 Å². The highest BCUT2D eigenvalue weighted by atomic mass is 16.5. The molecular formula is C12H25NO4. The zero-order valence-corrected chi connectivity index (χ0v) is 11.1. The number of nitrogens with one attached hydrogen (secondary N) is 1. The maximum absolute atomic E-state index is 11.3. The molecule has 0 saturated carbocycles. The van der Waals surface area contributed by atoms with E-state index in [0.717, 1.165) is 6.42 Å². The van der Waals surface area contributed by atoms with E-state index in [1.807, 2.05) is 13.8 Å². The Labute approximate surface area is 103 Å². The summed E-state index contributed by atoms with van der Waals surface area (Å²) in [6.45, 7) is 6.18. The van der Waals surface area contributed by atoms with Crippen LogP contribution in [0.2, 0.25) is 0 Å². The van der Waals surface area contributed by atoms with Crippen LogP contribution in [0, 0.1) is 0 Å². The molecule has 2 N–H and O–H groups in total. The van der Waals surface area contributed by atoms with Crippen LogP contribution in [0.4, 0.5) is 0 Å². The second kappa shape index (κ2) is 9.39. The zero-order chi connectivity index (χ0) is 13.1. The quantitative estimate of drug-likeness (QED) is 0.538. The van der Waals surface area contributed by atoms with Crippen molar-refractivity contribution in [2.45, 2.75) is 38.6 Å². The van der Waals surface area contributed by atoms with Gasteiger partial charge in [0.05, 0.1) is 13.2 Å². The van der Waals surface area contributed by atoms with Gasteiger partial charge in [-0.1, -0.05) is 13.8 Å². The molecule has 0 aliphatic carbocycles. The first-order valence-corrected chi connectivity index (χ1v) is 6.18. The first-order valence-electron chi connectivity index (χ1n) is 6.18. The Morgan fingerprint density at radius 3 is 2.47 bits per heavy atom. The van der Waals surface area contributed by atoms with Gasteiger partial charge in [-0.25, -0.2) is 0 Å². The van der Waals surface area contributed by atoms with Crippen LogP contribution in [0.25, 0.3) is 0 Å². The van der Waals surface area contributed by atoms with Gasteiger partial charge in [0.1, 0.15) is 5.54 Å². The molecule has 0 spiro atoms. The molecule has 5 heteroatoms. The van der Waals surface area contributed by atoms with E-state index in [4.69, 9.17) is 9.47 Å². The van der Waals surface area contributed by atoms with Gasteiger partial charge in [0.25, 0.3) is 0 Å². The van der Waals surface area contributed by atoms with Gasteiger partial charge in [0.15, 0.2) is 0 Å². The molecular weight excluding hydrogens is 222 g/mol. The lowest BCUT2D eigenvalue weighted by Gasteiger charge is -2.29. The van der Waals surface area contributed by atoms with E-state index in [1.54, 1.807) is 7.11 Å². The fourth-order valence-electron chi connectivity index (χ4n) is 1.78. The van der Waals surface area contributed by atoms with Gasteiger partial charge in [0.2, 0.25) is 0 Å². The van der Waals surface area contributed by atoms with Crippen molar-refractivity contribution in [2.75, 3.05) is 33.5 Å². The molecule has 0 rings (SSSR count). The minimum Gasteiger partial charge on any atom is -0.480 e. The summed E-state index contributed by atoms with van der Waals surface area (Å²) in [7, 11) is 1.63. The number of likely N-dealkylation sites (N-methyl/N-ethyl adjacent to an activating group) is 1. The van der Waals surface area contributed by atoms with E-state index in [2.05, 4.69) is 5.32 Å². The summed E-state index contributed by atoms with van der Waals surface area (Å²) in [6, 6.07) is 0. The molecule has 1 atom stereocenters. The van der Waals surface area contributed by atoms with Gasteiger partial charge in [0, 0.05) is 13.7 Å². The number of rotatable bonds is 11. The number of carbonyl (C=O) groups is 1. The SMILES string of the molecule is CCNC(CC)(CCCOCCOC)C(=O)O. The van der Waals surface area contributed by atoms with Gasteiger partial charge in [-0.15, -0.1) is 0 Å². The molecule has 0 aliphatic rings. The summed E-state index contributed by atoms with van der Waals surface area (Å²) >= 11 is 0. The summed E-state index contributed by atoms with van der Waals surface area (Å²) in [5.74, 6) is -0.779.